The minimum atomic E-state index is -0.0338. The molecule has 1 aliphatic rings. The van der Waals surface area contributed by atoms with Crippen LogP contribution in [0.4, 0.5) is 5.69 Å². The van der Waals surface area contributed by atoms with Crippen LogP contribution in [0.1, 0.15) is 37.0 Å². The van der Waals surface area contributed by atoms with E-state index in [-0.39, 0.29) is 18.3 Å². The maximum atomic E-state index is 12.1. The maximum Gasteiger partial charge on any atom is 0.251 e. The fourth-order valence-electron chi connectivity index (χ4n) is 2.94. The average molecular weight is 338 g/mol. The zero-order valence-corrected chi connectivity index (χ0v) is 14.9. The van der Waals surface area contributed by atoms with E-state index in [1.54, 1.807) is 18.2 Å². The summed E-state index contributed by atoms with van der Waals surface area (Å²) in [5.74, 6) is 0.508. The smallest absolute Gasteiger partial charge is 0.251 e. The molecule has 0 bridgehead atoms. The second-order valence-electron chi connectivity index (χ2n) is 6.03. The summed E-state index contributed by atoms with van der Waals surface area (Å²) in [5.41, 5.74) is 8.46. The molecule has 128 valence electrons. The van der Waals surface area contributed by atoms with Gasteiger partial charge in [-0.1, -0.05) is 24.6 Å². The molecule has 1 aromatic rings. The Morgan fingerprint density at radius 3 is 2.91 bits per heavy atom. The second kappa shape index (κ2) is 9.58. The molecule has 1 aliphatic heterocycles. The minimum absolute atomic E-state index is 0. The Bertz CT molecular complexity index is 545. The molecule has 1 saturated heterocycles. The normalized spacial score (nSPS) is 18.5. The number of carbonyl (C=O) groups excluding carboxylic acids is 1. The highest BCUT2D eigenvalue weighted by atomic mass is 35.5. The van der Waals surface area contributed by atoms with Crippen molar-refractivity contribution in [1.82, 2.24) is 10.2 Å². The van der Waals surface area contributed by atoms with Crippen LogP contribution in [0.2, 0.25) is 0 Å². The van der Waals surface area contributed by atoms with Crippen LogP contribution in [0.5, 0.6) is 0 Å². The van der Waals surface area contributed by atoms with Gasteiger partial charge in [0.05, 0.1) is 0 Å². The number of nitrogens with two attached hydrogens (primary N) is 1. The monoisotopic (exact) mass is 337 g/mol. The fraction of sp³-hybridized carbons (Fsp3) is 0.500. The number of hydrogen-bond acceptors (Lipinski definition) is 3. The summed E-state index contributed by atoms with van der Waals surface area (Å²) in [5, 5.41) is 3.03. The van der Waals surface area contributed by atoms with Crippen LogP contribution in [0.25, 0.3) is 0 Å². The van der Waals surface area contributed by atoms with E-state index in [0.717, 1.165) is 39.0 Å². The lowest BCUT2D eigenvalue weighted by atomic mass is 10.1. The Morgan fingerprint density at radius 1 is 1.48 bits per heavy atom. The number of carbonyl (C=O) groups is 1. The van der Waals surface area contributed by atoms with E-state index in [2.05, 4.69) is 30.1 Å². The van der Waals surface area contributed by atoms with Crippen molar-refractivity contribution in [3.05, 3.63) is 41.5 Å². The van der Waals surface area contributed by atoms with Gasteiger partial charge in [0.25, 0.3) is 5.91 Å². The number of nitrogens with one attached hydrogen (secondary N) is 1. The number of nitrogen functional groups attached to an aromatic ring is 1. The molecule has 3 N–H and O–H groups in total. The molecule has 1 unspecified atom stereocenters. The number of rotatable bonds is 6. The molecule has 1 amide bonds. The molecule has 2 rings (SSSR count). The van der Waals surface area contributed by atoms with Gasteiger partial charge in [0, 0.05) is 30.9 Å². The zero-order chi connectivity index (χ0) is 15.9. The van der Waals surface area contributed by atoms with Crippen LogP contribution in [-0.4, -0.2) is 37.0 Å². The fourth-order valence-corrected chi connectivity index (χ4v) is 2.94. The van der Waals surface area contributed by atoms with Gasteiger partial charge < -0.3 is 11.1 Å². The highest BCUT2D eigenvalue weighted by molar-refractivity contribution is 5.94. The van der Waals surface area contributed by atoms with E-state index < -0.39 is 0 Å². The summed E-state index contributed by atoms with van der Waals surface area (Å²) in [6.07, 6.45) is 4.48. The third-order valence-corrected chi connectivity index (χ3v) is 4.36. The van der Waals surface area contributed by atoms with E-state index in [4.69, 9.17) is 5.73 Å². The van der Waals surface area contributed by atoms with Gasteiger partial charge in [0.15, 0.2) is 0 Å². The summed E-state index contributed by atoms with van der Waals surface area (Å²) in [7, 11) is 0. The molecule has 1 fully saturated rings. The van der Waals surface area contributed by atoms with Gasteiger partial charge in [-0.2, -0.15) is 0 Å². The number of nitrogens with zero attached hydrogens (tertiary/aromatic N) is 1. The van der Waals surface area contributed by atoms with Crippen LogP contribution in [0.15, 0.2) is 35.9 Å². The third kappa shape index (κ3) is 5.88. The number of benzene rings is 1. The van der Waals surface area contributed by atoms with Crippen molar-refractivity contribution in [1.29, 1.82) is 0 Å². The molecule has 0 radical (unpaired) electrons. The number of anilines is 1. The van der Waals surface area contributed by atoms with Crippen LogP contribution in [0, 0.1) is 5.92 Å². The maximum absolute atomic E-state index is 12.1. The van der Waals surface area contributed by atoms with Gasteiger partial charge in [-0.25, -0.2) is 0 Å². The van der Waals surface area contributed by atoms with Gasteiger partial charge in [-0.05, 0) is 50.4 Å². The molecule has 0 aliphatic carbocycles. The minimum Gasteiger partial charge on any atom is -0.399 e. The number of hydrogen-bond donors (Lipinski definition) is 2. The average Bonchev–Trinajstić information content (AvgIpc) is 2.97. The molecular formula is C18H28ClN3O. The predicted octanol–water partition coefficient (Wildman–Crippen LogP) is 3.10. The zero-order valence-electron chi connectivity index (χ0n) is 14.0. The summed E-state index contributed by atoms with van der Waals surface area (Å²) in [6.45, 7) is 8.30. The molecule has 1 heterocycles. The lowest BCUT2D eigenvalue weighted by Gasteiger charge is -2.17. The van der Waals surface area contributed by atoms with Gasteiger partial charge in [0.2, 0.25) is 0 Å². The first-order valence-corrected chi connectivity index (χ1v) is 8.12. The van der Waals surface area contributed by atoms with Crippen LogP contribution >= 0.6 is 12.4 Å². The van der Waals surface area contributed by atoms with Gasteiger partial charge in [0.1, 0.15) is 0 Å². The first-order valence-electron chi connectivity index (χ1n) is 8.12. The Labute approximate surface area is 145 Å². The molecular weight excluding hydrogens is 310 g/mol. The van der Waals surface area contributed by atoms with E-state index in [0.29, 0.717) is 17.2 Å². The van der Waals surface area contributed by atoms with E-state index in [9.17, 15) is 4.79 Å². The molecule has 5 heteroatoms. The summed E-state index contributed by atoms with van der Waals surface area (Å²) >= 11 is 0. The van der Waals surface area contributed by atoms with Crippen molar-refractivity contribution in [3.8, 4) is 0 Å². The first kappa shape index (κ1) is 19.5. The Balaban J connectivity index is 0.00000264. The van der Waals surface area contributed by atoms with Crippen molar-refractivity contribution < 1.29 is 4.79 Å². The Kier molecular flexibility index (Phi) is 8.13. The number of halogens is 1. The van der Waals surface area contributed by atoms with Crippen molar-refractivity contribution >= 4 is 24.0 Å². The van der Waals surface area contributed by atoms with Crippen molar-refractivity contribution in [3.63, 3.8) is 0 Å². The Hall–Kier alpha value is -1.52. The van der Waals surface area contributed by atoms with Gasteiger partial charge in [-0.15, -0.1) is 12.4 Å². The van der Waals surface area contributed by atoms with E-state index >= 15 is 0 Å². The number of likely N-dealkylation sites (tertiary alicyclic amines) is 1. The summed E-state index contributed by atoms with van der Waals surface area (Å²) < 4.78 is 0. The lowest BCUT2D eigenvalue weighted by molar-refractivity contribution is 0.0947. The first-order chi connectivity index (χ1) is 10.6. The van der Waals surface area contributed by atoms with Crippen LogP contribution < -0.4 is 11.1 Å². The topological polar surface area (TPSA) is 58.4 Å². The van der Waals surface area contributed by atoms with Crippen molar-refractivity contribution in [2.24, 2.45) is 5.92 Å². The summed E-state index contributed by atoms with van der Waals surface area (Å²) in [6, 6.07) is 7.12. The largest absolute Gasteiger partial charge is 0.399 e. The predicted molar refractivity (Wildman–Crippen MR) is 99.0 cm³/mol. The molecule has 0 saturated carbocycles. The molecule has 1 atom stereocenters. The third-order valence-electron chi connectivity index (χ3n) is 4.36. The number of allylic oxidation sites excluding steroid dienone is 1. The lowest BCUT2D eigenvalue weighted by Crippen LogP contribution is -2.31. The van der Waals surface area contributed by atoms with E-state index in [1.165, 1.54) is 5.57 Å². The second-order valence-corrected chi connectivity index (χ2v) is 6.03. The quantitative estimate of drug-likeness (QED) is 0.619. The molecule has 0 spiro atoms. The van der Waals surface area contributed by atoms with Crippen LogP contribution in [-0.2, 0) is 0 Å². The molecule has 1 aromatic carbocycles. The standard InChI is InChI=1S/C18H27N3O.ClH/c1-3-14(4-2)12-21-9-8-15(13-21)11-20-18(22)16-6-5-7-17(19)10-16;/h3,5-7,10,15H,4,8-9,11-13,19H2,1-2H3,(H,20,22);1H. The van der Waals surface area contributed by atoms with Gasteiger partial charge in [-0.3, -0.25) is 9.69 Å². The highest BCUT2D eigenvalue weighted by Gasteiger charge is 2.23. The molecule has 4 nitrogen and oxygen atoms in total. The number of amides is 1. The van der Waals surface area contributed by atoms with Crippen LogP contribution in [0.3, 0.4) is 0 Å². The van der Waals surface area contributed by atoms with Crippen molar-refractivity contribution in [2.75, 3.05) is 31.9 Å². The summed E-state index contributed by atoms with van der Waals surface area (Å²) in [4.78, 5) is 14.6. The molecule has 0 aromatic heterocycles. The van der Waals surface area contributed by atoms with Gasteiger partial charge >= 0.3 is 0 Å². The Morgan fingerprint density at radius 2 is 2.26 bits per heavy atom. The SMILES string of the molecule is CC=C(CC)CN1CCC(CNC(=O)c2cccc(N)c2)C1.Cl. The van der Waals surface area contributed by atoms with Crippen molar-refractivity contribution in [2.45, 2.75) is 26.7 Å². The van der Waals surface area contributed by atoms with E-state index in [1.807, 2.05) is 6.07 Å². The highest BCUT2D eigenvalue weighted by Crippen LogP contribution is 2.18. The molecule has 23 heavy (non-hydrogen) atoms.